The lowest BCUT2D eigenvalue weighted by Gasteiger charge is -2.35. The fourth-order valence-electron chi connectivity index (χ4n) is 0.912. The summed E-state index contributed by atoms with van der Waals surface area (Å²) >= 11 is 1.03. The number of rotatable bonds is 3. The van der Waals surface area contributed by atoms with Crippen molar-refractivity contribution in [1.29, 1.82) is 0 Å². The number of halogens is 7. The van der Waals surface area contributed by atoms with Crippen LogP contribution in [0.25, 0.3) is 0 Å². The molecule has 0 aliphatic rings. The Hall–Kier alpha value is -0.260. The third-order valence-electron chi connectivity index (χ3n) is 1.82. The average Bonchev–Trinajstić information content (AvgIpc) is 1.99. The van der Waals surface area contributed by atoms with Crippen molar-refractivity contribution in [3.05, 3.63) is 0 Å². The lowest BCUT2D eigenvalue weighted by molar-refractivity contribution is -0.379. The molecule has 1 atom stereocenters. The molecule has 0 saturated heterocycles. The molecule has 16 heavy (non-hydrogen) atoms. The summed E-state index contributed by atoms with van der Waals surface area (Å²) in [4.78, 5) is 10.3. The van der Waals surface area contributed by atoms with E-state index >= 15 is 0 Å². The fourth-order valence-corrected chi connectivity index (χ4v) is 1.93. The maximum Gasteiger partial charge on any atom is 0.427 e. The summed E-state index contributed by atoms with van der Waals surface area (Å²) in [5.41, 5.74) is -5.24. The number of aliphatic carboxylic acids is 1. The van der Waals surface area contributed by atoms with Crippen LogP contribution in [-0.4, -0.2) is 38.6 Å². The van der Waals surface area contributed by atoms with E-state index in [1.807, 2.05) is 0 Å². The third-order valence-corrected chi connectivity index (χ3v) is 2.70. The number of carboxylic acid groups (broad SMARTS) is 1. The summed E-state index contributed by atoms with van der Waals surface area (Å²) in [6, 6.07) is 0. The average molecular weight is 366 g/mol. The number of carboxylic acids is 1. The van der Waals surface area contributed by atoms with Gasteiger partial charge in [-0.3, -0.25) is 4.79 Å². The molecule has 0 aliphatic carbocycles. The summed E-state index contributed by atoms with van der Waals surface area (Å²) in [6.07, 6.45) is -12.2. The number of carbonyl (C=O) groups is 1. The van der Waals surface area contributed by atoms with Gasteiger partial charge < -0.3 is 10.2 Å². The van der Waals surface area contributed by atoms with Crippen molar-refractivity contribution in [2.24, 2.45) is 5.92 Å². The number of hydrogen-bond acceptors (Lipinski definition) is 2. The van der Waals surface area contributed by atoms with Gasteiger partial charge in [0.15, 0.2) is 0 Å². The standard InChI is InChI=1S/C6H5F6IO3/c7-5(8,9)4(16,6(10,11)12)2(1-13)3(14)15/h2,16H,1H2,(H,14,15)/t2-/m0/s1. The van der Waals surface area contributed by atoms with Gasteiger partial charge in [0.2, 0.25) is 0 Å². The smallest absolute Gasteiger partial charge is 0.427 e. The van der Waals surface area contributed by atoms with Gasteiger partial charge >= 0.3 is 18.3 Å². The highest BCUT2D eigenvalue weighted by molar-refractivity contribution is 14.1. The SMILES string of the molecule is O=C(O)[C@H](CI)C(O)(C(F)(F)F)C(F)(F)F. The Morgan fingerprint density at radius 2 is 1.44 bits per heavy atom. The Labute approximate surface area is 98.6 Å². The fraction of sp³-hybridized carbons (Fsp3) is 0.833. The maximum atomic E-state index is 12.2. The normalized spacial score (nSPS) is 16.0. The second kappa shape index (κ2) is 4.55. The second-order valence-corrected chi connectivity index (χ2v) is 3.69. The highest BCUT2D eigenvalue weighted by Gasteiger charge is 2.75. The largest absolute Gasteiger partial charge is 0.481 e. The molecule has 3 nitrogen and oxygen atoms in total. The van der Waals surface area contributed by atoms with Gasteiger partial charge in [0.05, 0.1) is 0 Å². The van der Waals surface area contributed by atoms with E-state index in [-0.39, 0.29) is 0 Å². The van der Waals surface area contributed by atoms with E-state index in [9.17, 15) is 31.1 Å². The van der Waals surface area contributed by atoms with E-state index in [2.05, 4.69) is 0 Å². The van der Waals surface area contributed by atoms with E-state index in [0.717, 1.165) is 22.6 Å². The van der Waals surface area contributed by atoms with Gasteiger partial charge in [0, 0.05) is 4.43 Å². The third kappa shape index (κ3) is 2.52. The Balaban J connectivity index is 5.68. The van der Waals surface area contributed by atoms with Crippen molar-refractivity contribution in [3.63, 3.8) is 0 Å². The second-order valence-electron chi connectivity index (χ2n) is 2.81. The molecule has 2 N–H and O–H groups in total. The first-order valence-corrected chi connectivity index (χ1v) is 5.06. The minimum absolute atomic E-state index is 1.03. The quantitative estimate of drug-likeness (QED) is 0.456. The summed E-state index contributed by atoms with van der Waals surface area (Å²) in [7, 11) is 0. The van der Waals surface area contributed by atoms with Gasteiger partial charge in [0.25, 0.3) is 5.60 Å². The number of alkyl halides is 7. The molecule has 0 aliphatic heterocycles. The van der Waals surface area contributed by atoms with E-state index in [1.165, 1.54) is 0 Å². The molecule has 0 fully saturated rings. The van der Waals surface area contributed by atoms with Crippen molar-refractivity contribution in [2.45, 2.75) is 18.0 Å². The van der Waals surface area contributed by atoms with Crippen LogP contribution in [0, 0.1) is 5.92 Å². The van der Waals surface area contributed by atoms with Gasteiger partial charge in [-0.2, -0.15) is 26.3 Å². The number of aliphatic hydroxyl groups is 1. The molecule has 0 unspecified atom stereocenters. The molecule has 0 aromatic rings. The van der Waals surface area contributed by atoms with Crippen molar-refractivity contribution < 1.29 is 41.4 Å². The summed E-state index contributed by atoms with van der Waals surface area (Å²) in [6.45, 7) is 0. The molecule has 0 bridgehead atoms. The highest BCUT2D eigenvalue weighted by Crippen LogP contribution is 2.48. The van der Waals surface area contributed by atoms with Crippen LogP contribution in [-0.2, 0) is 4.79 Å². The van der Waals surface area contributed by atoms with Crippen LogP contribution in [0.2, 0.25) is 0 Å². The predicted octanol–water partition coefficient (Wildman–Crippen LogP) is 1.98. The molecular formula is C6H5F6IO3. The molecule has 0 aromatic heterocycles. The Morgan fingerprint density at radius 1 is 1.12 bits per heavy atom. The molecule has 0 rings (SSSR count). The van der Waals surface area contributed by atoms with Gasteiger partial charge in [-0.1, -0.05) is 22.6 Å². The predicted molar refractivity (Wildman–Crippen MR) is 47.1 cm³/mol. The van der Waals surface area contributed by atoms with Crippen molar-refractivity contribution in [3.8, 4) is 0 Å². The zero-order chi connectivity index (χ0) is 13.4. The van der Waals surface area contributed by atoms with E-state index in [4.69, 9.17) is 10.2 Å². The molecule has 0 spiro atoms. The zero-order valence-corrected chi connectivity index (χ0v) is 9.39. The van der Waals surface area contributed by atoms with E-state index < -0.39 is 34.3 Å². The van der Waals surface area contributed by atoms with Gasteiger partial charge in [-0.05, 0) is 0 Å². The lowest BCUT2D eigenvalue weighted by atomic mass is 9.87. The molecule has 0 amide bonds. The van der Waals surface area contributed by atoms with Gasteiger partial charge in [0.1, 0.15) is 5.92 Å². The minimum Gasteiger partial charge on any atom is -0.481 e. The van der Waals surface area contributed by atoms with Crippen molar-refractivity contribution in [2.75, 3.05) is 4.43 Å². The molecule has 0 aromatic carbocycles. The molecule has 96 valence electrons. The van der Waals surface area contributed by atoms with Crippen molar-refractivity contribution >= 4 is 28.6 Å². The first-order valence-electron chi connectivity index (χ1n) is 3.54. The molecule has 0 heterocycles. The van der Waals surface area contributed by atoms with Crippen LogP contribution in [0.4, 0.5) is 26.3 Å². The summed E-state index contributed by atoms with van der Waals surface area (Å²) in [5.74, 6) is -5.38. The van der Waals surface area contributed by atoms with Crippen LogP contribution in [0.15, 0.2) is 0 Å². The first kappa shape index (κ1) is 15.7. The minimum atomic E-state index is -6.11. The molecular weight excluding hydrogens is 361 g/mol. The topological polar surface area (TPSA) is 57.5 Å². The monoisotopic (exact) mass is 366 g/mol. The molecule has 10 heteroatoms. The number of hydrogen-bond donors (Lipinski definition) is 2. The van der Waals surface area contributed by atoms with E-state index in [0.29, 0.717) is 0 Å². The zero-order valence-electron chi connectivity index (χ0n) is 7.23. The van der Waals surface area contributed by atoms with Crippen LogP contribution in [0.3, 0.4) is 0 Å². The Morgan fingerprint density at radius 3 is 1.50 bits per heavy atom. The van der Waals surface area contributed by atoms with Crippen molar-refractivity contribution in [1.82, 2.24) is 0 Å². The summed E-state index contributed by atoms with van der Waals surface area (Å²) in [5, 5.41) is 16.9. The van der Waals surface area contributed by atoms with Crippen LogP contribution >= 0.6 is 22.6 Å². The first-order chi connectivity index (χ1) is 6.89. The van der Waals surface area contributed by atoms with Crippen LogP contribution in [0.5, 0.6) is 0 Å². The molecule has 0 saturated carbocycles. The Kier molecular flexibility index (Phi) is 4.47. The Bertz CT molecular complexity index is 258. The maximum absolute atomic E-state index is 12.2. The van der Waals surface area contributed by atoms with E-state index in [1.54, 1.807) is 0 Å². The van der Waals surface area contributed by atoms with Gasteiger partial charge in [-0.15, -0.1) is 0 Å². The molecule has 0 radical (unpaired) electrons. The highest BCUT2D eigenvalue weighted by atomic mass is 127. The van der Waals surface area contributed by atoms with Gasteiger partial charge in [-0.25, -0.2) is 0 Å². The lowest BCUT2D eigenvalue weighted by Crippen LogP contribution is -2.64. The van der Waals surface area contributed by atoms with Crippen LogP contribution < -0.4 is 0 Å². The van der Waals surface area contributed by atoms with Crippen LogP contribution in [0.1, 0.15) is 0 Å². The summed E-state index contributed by atoms with van der Waals surface area (Å²) < 4.78 is 71.9.